The summed E-state index contributed by atoms with van der Waals surface area (Å²) in [7, 11) is 1.60. The molecule has 27 heavy (non-hydrogen) atoms. The molecule has 5 heteroatoms. The average Bonchev–Trinajstić information content (AvgIpc) is 2.67. The summed E-state index contributed by atoms with van der Waals surface area (Å²) < 4.78 is 0. The van der Waals surface area contributed by atoms with Crippen LogP contribution in [0.2, 0.25) is 0 Å². The summed E-state index contributed by atoms with van der Waals surface area (Å²) in [5.74, 6) is 0.947. The number of nitrogens with one attached hydrogen (secondary N) is 1. The Morgan fingerprint density at radius 2 is 1.48 bits per heavy atom. The Balaban J connectivity index is 2.02. The number of carbonyl (C=O) groups is 2. The van der Waals surface area contributed by atoms with Gasteiger partial charge in [-0.3, -0.25) is 9.59 Å². The zero-order valence-electron chi connectivity index (χ0n) is 16.5. The highest BCUT2D eigenvalue weighted by molar-refractivity contribution is 7.99. The number of aryl methyl sites for hydroxylation is 2. The number of likely N-dealkylation sites (N-methyl/N-ethyl adjacent to an activating group) is 1. The predicted octanol–water partition coefficient (Wildman–Crippen LogP) is 3.70. The first-order valence-electron chi connectivity index (χ1n) is 9.10. The van der Waals surface area contributed by atoms with Gasteiger partial charge in [0.05, 0.1) is 5.75 Å². The molecule has 0 bridgehead atoms. The topological polar surface area (TPSA) is 49.4 Å². The van der Waals surface area contributed by atoms with Crippen molar-refractivity contribution < 1.29 is 9.59 Å². The van der Waals surface area contributed by atoms with Gasteiger partial charge in [0.15, 0.2) is 0 Å². The number of benzene rings is 2. The predicted molar refractivity (Wildman–Crippen MR) is 113 cm³/mol. The Morgan fingerprint density at radius 1 is 0.963 bits per heavy atom. The van der Waals surface area contributed by atoms with E-state index in [1.807, 2.05) is 31.2 Å². The molecule has 0 saturated heterocycles. The number of thioether (sulfide) groups is 1. The molecule has 2 aromatic rings. The van der Waals surface area contributed by atoms with E-state index in [2.05, 4.69) is 36.5 Å². The molecule has 144 valence electrons. The van der Waals surface area contributed by atoms with Crippen molar-refractivity contribution in [3.63, 3.8) is 0 Å². The second-order valence-electron chi connectivity index (χ2n) is 6.78. The van der Waals surface area contributed by atoms with Crippen molar-refractivity contribution in [1.29, 1.82) is 0 Å². The molecule has 0 radical (unpaired) electrons. The van der Waals surface area contributed by atoms with E-state index in [-0.39, 0.29) is 11.8 Å². The molecular formula is C22H28N2O2S. The molecule has 0 fully saturated rings. The SMILES string of the molecule is CNC(=O)[C@H](C)N(Cc1ccc(C)cc1)C(=O)CSCc1ccc(C)cc1. The van der Waals surface area contributed by atoms with Crippen molar-refractivity contribution in [2.75, 3.05) is 12.8 Å². The third-order valence-electron chi connectivity index (χ3n) is 4.50. The summed E-state index contributed by atoms with van der Waals surface area (Å²) in [6.45, 7) is 6.29. The monoisotopic (exact) mass is 384 g/mol. The van der Waals surface area contributed by atoms with E-state index in [4.69, 9.17) is 0 Å². The number of hydrogen-bond donors (Lipinski definition) is 1. The largest absolute Gasteiger partial charge is 0.357 e. The van der Waals surface area contributed by atoms with Crippen LogP contribution in [0, 0.1) is 13.8 Å². The van der Waals surface area contributed by atoms with Crippen molar-refractivity contribution in [1.82, 2.24) is 10.2 Å². The first-order valence-corrected chi connectivity index (χ1v) is 10.3. The van der Waals surface area contributed by atoms with Gasteiger partial charge in [-0.15, -0.1) is 11.8 Å². The van der Waals surface area contributed by atoms with Gasteiger partial charge in [-0.25, -0.2) is 0 Å². The summed E-state index contributed by atoms with van der Waals surface area (Å²) in [5.41, 5.74) is 4.62. The molecule has 1 N–H and O–H groups in total. The van der Waals surface area contributed by atoms with Gasteiger partial charge in [0, 0.05) is 19.3 Å². The fraction of sp³-hybridized carbons (Fsp3) is 0.364. The summed E-state index contributed by atoms with van der Waals surface area (Å²) >= 11 is 1.58. The van der Waals surface area contributed by atoms with Crippen LogP contribution >= 0.6 is 11.8 Å². The van der Waals surface area contributed by atoms with E-state index < -0.39 is 6.04 Å². The standard InChI is InChI=1S/C22H28N2O2S/c1-16-5-9-19(10-6-16)13-24(18(3)22(26)23-4)21(25)15-27-14-20-11-7-17(2)8-12-20/h5-12,18H,13-15H2,1-4H3,(H,23,26)/t18-/m0/s1. The van der Waals surface area contributed by atoms with Crippen molar-refractivity contribution in [2.24, 2.45) is 0 Å². The maximum absolute atomic E-state index is 12.8. The minimum atomic E-state index is -0.510. The lowest BCUT2D eigenvalue weighted by Gasteiger charge is -2.28. The lowest BCUT2D eigenvalue weighted by atomic mass is 10.1. The molecule has 1 atom stereocenters. The van der Waals surface area contributed by atoms with Crippen LogP contribution in [0.3, 0.4) is 0 Å². The van der Waals surface area contributed by atoms with Crippen LogP contribution < -0.4 is 5.32 Å². The van der Waals surface area contributed by atoms with Crippen LogP contribution in [0.1, 0.15) is 29.2 Å². The van der Waals surface area contributed by atoms with Gasteiger partial charge in [0.25, 0.3) is 0 Å². The van der Waals surface area contributed by atoms with Crippen LogP contribution in [0.4, 0.5) is 0 Å². The second kappa shape index (κ2) is 10.2. The quantitative estimate of drug-likeness (QED) is 0.755. The Hall–Kier alpha value is -2.27. The maximum Gasteiger partial charge on any atom is 0.242 e. The fourth-order valence-corrected chi connectivity index (χ4v) is 3.58. The number of amides is 2. The van der Waals surface area contributed by atoms with Crippen molar-refractivity contribution in [3.05, 3.63) is 70.8 Å². The van der Waals surface area contributed by atoms with E-state index in [0.29, 0.717) is 12.3 Å². The number of carbonyl (C=O) groups excluding carboxylic acids is 2. The third-order valence-corrected chi connectivity index (χ3v) is 5.49. The number of nitrogens with zero attached hydrogens (tertiary/aromatic N) is 1. The van der Waals surface area contributed by atoms with Gasteiger partial charge in [-0.2, -0.15) is 0 Å². The van der Waals surface area contributed by atoms with Gasteiger partial charge >= 0.3 is 0 Å². The normalized spacial score (nSPS) is 11.7. The molecule has 0 saturated carbocycles. The summed E-state index contributed by atoms with van der Waals surface area (Å²) in [6, 6.07) is 15.9. The molecule has 0 aliphatic heterocycles. The lowest BCUT2D eigenvalue weighted by Crippen LogP contribution is -2.47. The maximum atomic E-state index is 12.8. The third kappa shape index (κ3) is 6.43. The molecule has 2 aromatic carbocycles. The summed E-state index contributed by atoms with van der Waals surface area (Å²) in [5, 5.41) is 2.64. The molecule has 0 aliphatic carbocycles. The van der Waals surface area contributed by atoms with E-state index in [9.17, 15) is 9.59 Å². The molecular weight excluding hydrogens is 356 g/mol. The minimum Gasteiger partial charge on any atom is -0.357 e. The minimum absolute atomic E-state index is 0.0243. The lowest BCUT2D eigenvalue weighted by molar-refractivity contribution is -0.138. The smallest absolute Gasteiger partial charge is 0.242 e. The van der Waals surface area contributed by atoms with Gasteiger partial charge in [0.2, 0.25) is 11.8 Å². The van der Waals surface area contributed by atoms with Crippen molar-refractivity contribution in [2.45, 2.75) is 39.1 Å². The van der Waals surface area contributed by atoms with Crippen molar-refractivity contribution >= 4 is 23.6 Å². The van der Waals surface area contributed by atoms with Gasteiger partial charge < -0.3 is 10.2 Å². The van der Waals surface area contributed by atoms with Gasteiger partial charge in [-0.1, -0.05) is 59.7 Å². The fourth-order valence-electron chi connectivity index (χ4n) is 2.71. The Labute approximate surface area is 166 Å². The molecule has 2 amide bonds. The van der Waals surface area contributed by atoms with Gasteiger partial charge in [-0.05, 0) is 31.9 Å². The van der Waals surface area contributed by atoms with E-state index in [1.54, 1.807) is 30.6 Å². The molecule has 0 aromatic heterocycles. The zero-order valence-corrected chi connectivity index (χ0v) is 17.3. The zero-order chi connectivity index (χ0) is 19.8. The van der Waals surface area contributed by atoms with Crippen LogP contribution in [-0.4, -0.2) is 35.6 Å². The van der Waals surface area contributed by atoms with E-state index >= 15 is 0 Å². The van der Waals surface area contributed by atoms with E-state index in [0.717, 1.165) is 11.3 Å². The van der Waals surface area contributed by atoms with Crippen LogP contribution in [0.25, 0.3) is 0 Å². The van der Waals surface area contributed by atoms with E-state index in [1.165, 1.54) is 16.7 Å². The second-order valence-corrected chi connectivity index (χ2v) is 7.76. The summed E-state index contributed by atoms with van der Waals surface area (Å²) in [4.78, 5) is 26.6. The first kappa shape index (κ1) is 21.0. The Kier molecular flexibility index (Phi) is 7.92. The highest BCUT2D eigenvalue weighted by Gasteiger charge is 2.25. The molecule has 0 unspecified atom stereocenters. The van der Waals surface area contributed by atoms with Crippen LogP contribution in [0.5, 0.6) is 0 Å². The van der Waals surface area contributed by atoms with Crippen LogP contribution in [0.15, 0.2) is 48.5 Å². The molecule has 0 heterocycles. The number of rotatable bonds is 8. The molecule has 0 spiro atoms. The highest BCUT2D eigenvalue weighted by Crippen LogP contribution is 2.16. The number of hydrogen-bond acceptors (Lipinski definition) is 3. The van der Waals surface area contributed by atoms with Gasteiger partial charge in [0.1, 0.15) is 6.04 Å². The molecule has 0 aliphatic rings. The Morgan fingerprint density at radius 3 is 2.00 bits per heavy atom. The van der Waals surface area contributed by atoms with Crippen LogP contribution in [-0.2, 0) is 21.9 Å². The molecule has 2 rings (SSSR count). The summed E-state index contributed by atoms with van der Waals surface area (Å²) in [6.07, 6.45) is 0. The Bertz CT molecular complexity index is 757. The molecule has 4 nitrogen and oxygen atoms in total. The van der Waals surface area contributed by atoms with Crippen molar-refractivity contribution in [3.8, 4) is 0 Å². The average molecular weight is 385 g/mol. The first-order chi connectivity index (χ1) is 12.9. The highest BCUT2D eigenvalue weighted by atomic mass is 32.2.